The van der Waals surface area contributed by atoms with Crippen LogP contribution in [0.3, 0.4) is 0 Å². The lowest BCUT2D eigenvalue weighted by atomic mass is 9.89. The van der Waals surface area contributed by atoms with Crippen LogP contribution in [0.4, 0.5) is 28.9 Å². The van der Waals surface area contributed by atoms with Crippen LogP contribution in [0.5, 0.6) is 5.75 Å². The predicted octanol–water partition coefficient (Wildman–Crippen LogP) is 5.34. The van der Waals surface area contributed by atoms with Crippen molar-refractivity contribution in [1.82, 2.24) is 15.1 Å². The van der Waals surface area contributed by atoms with Crippen molar-refractivity contribution in [2.45, 2.75) is 58.2 Å². The molecule has 57 heavy (non-hydrogen) atoms. The quantitative estimate of drug-likeness (QED) is 0.146. The summed E-state index contributed by atoms with van der Waals surface area (Å²) in [5, 5.41) is 11.4. The van der Waals surface area contributed by atoms with E-state index >= 15 is 4.39 Å². The lowest BCUT2D eigenvalue weighted by Crippen LogP contribution is -2.48. The van der Waals surface area contributed by atoms with E-state index in [2.05, 4.69) is 15.1 Å². The maximum atomic E-state index is 15.4. The number of Topliss-reactive ketones (excluding diaryl/α,β-unsaturated/α-hetero) is 1. The van der Waals surface area contributed by atoms with Crippen LogP contribution in [0.25, 0.3) is 0 Å². The van der Waals surface area contributed by atoms with Crippen LogP contribution in [0.2, 0.25) is 0 Å². The first-order valence-corrected chi connectivity index (χ1v) is 19.0. The molecule has 16 heteroatoms. The molecule has 1 N–H and O–H groups in total. The SMILES string of the molecule is Cc1cc(CC(=O)CN2CCN(CCOc3ccc(N4C(=S)N(c5ccc(C#N)c(C(F)(F)F)c5)C(=O)C4(C)C)cc3F)CC2)cc(CC2CCC(=O)NC2=O)c1. The predicted molar refractivity (Wildman–Crippen MR) is 207 cm³/mol. The lowest BCUT2D eigenvalue weighted by Gasteiger charge is -2.34. The first-order valence-electron chi connectivity index (χ1n) is 18.6. The summed E-state index contributed by atoms with van der Waals surface area (Å²) in [5.74, 6) is -2.04. The molecule has 300 valence electrons. The van der Waals surface area contributed by atoms with Gasteiger partial charge in [0.1, 0.15) is 12.1 Å². The van der Waals surface area contributed by atoms with E-state index in [1.54, 1.807) is 0 Å². The van der Waals surface area contributed by atoms with Crippen LogP contribution in [0.15, 0.2) is 54.6 Å². The fourth-order valence-corrected chi connectivity index (χ4v) is 8.10. The fourth-order valence-electron chi connectivity index (χ4n) is 7.58. The molecule has 3 heterocycles. The molecule has 6 rings (SSSR count). The summed E-state index contributed by atoms with van der Waals surface area (Å²) in [6.45, 7) is 8.74. The summed E-state index contributed by atoms with van der Waals surface area (Å²) in [4.78, 5) is 56.9. The van der Waals surface area contributed by atoms with Crippen LogP contribution in [0, 0.1) is 30.0 Å². The minimum absolute atomic E-state index is 0.0209. The Hall–Kier alpha value is -5.24. The molecule has 3 aliphatic rings. The maximum Gasteiger partial charge on any atom is 0.417 e. The third-order valence-electron chi connectivity index (χ3n) is 10.5. The standard InChI is InChI=1S/C41H42F4N6O5S/c1-25-16-26(19-28-5-9-36(53)47-37(28)54)18-27(17-25)20-32(52)24-49-12-10-48(11-13-49)14-15-56-35-8-7-31(22-34(35)42)51-39(57)50(38(55)40(51,2)3)30-6-4-29(23-46)33(21-30)41(43,44)45/h4,6-8,16-18,21-22,28H,5,9-15,19-20,24H2,1-3H3,(H,47,53,54). The normalized spacial score (nSPS) is 19.2. The molecule has 1 unspecified atom stereocenters. The molecule has 11 nitrogen and oxygen atoms in total. The van der Waals surface area contributed by atoms with Gasteiger partial charge in [-0.1, -0.05) is 23.8 Å². The number of benzene rings is 3. The highest BCUT2D eigenvalue weighted by Gasteiger charge is 2.51. The number of amides is 3. The number of ether oxygens (including phenoxy) is 1. The Morgan fingerprint density at radius 2 is 1.67 bits per heavy atom. The molecule has 0 spiro atoms. The molecular formula is C41H42F4N6O5S. The Kier molecular flexibility index (Phi) is 12.1. The van der Waals surface area contributed by atoms with E-state index in [0.717, 1.165) is 33.7 Å². The smallest absolute Gasteiger partial charge is 0.417 e. The van der Waals surface area contributed by atoms with Crippen molar-refractivity contribution in [2.75, 3.05) is 55.7 Å². The molecule has 3 aromatic carbocycles. The summed E-state index contributed by atoms with van der Waals surface area (Å²) >= 11 is 5.55. The van der Waals surface area contributed by atoms with E-state index in [1.807, 2.05) is 25.1 Å². The summed E-state index contributed by atoms with van der Waals surface area (Å²) in [5.41, 5.74) is -0.266. The number of hydrogen-bond donors (Lipinski definition) is 1. The molecule has 0 radical (unpaired) electrons. The maximum absolute atomic E-state index is 15.4. The van der Waals surface area contributed by atoms with E-state index in [4.69, 9.17) is 17.0 Å². The zero-order chi connectivity index (χ0) is 41.2. The number of halogens is 4. The summed E-state index contributed by atoms with van der Waals surface area (Å²) in [6.07, 6.45) is -3.21. The number of hydrogen-bond acceptors (Lipinski definition) is 9. The fraction of sp³-hybridized carbons (Fsp3) is 0.415. The number of carbonyl (C=O) groups is 4. The van der Waals surface area contributed by atoms with Crippen molar-refractivity contribution in [1.29, 1.82) is 5.26 Å². The number of nitrogens with zero attached hydrogens (tertiary/aromatic N) is 5. The first-order chi connectivity index (χ1) is 26.9. The van der Waals surface area contributed by atoms with Gasteiger partial charge >= 0.3 is 6.18 Å². The van der Waals surface area contributed by atoms with Gasteiger partial charge in [-0.3, -0.25) is 39.2 Å². The lowest BCUT2D eigenvalue weighted by molar-refractivity contribution is -0.138. The van der Waals surface area contributed by atoms with Crippen molar-refractivity contribution in [2.24, 2.45) is 5.92 Å². The minimum atomic E-state index is -4.84. The van der Waals surface area contributed by atoms with Crippen molar-refractivity contribution in [3.8, 4) is 11.8 Å². The highest BCUT2D eigenvalue weighted by Crippen LogP contribution is 2.40. The molecule has 0 saturated carbocycles. The van der Waals surface area contributed by atoms with Crippen LogP contribution in [0.1, 0.15) is 54.5 Å². The summed E-state index contributed by atoms with van der Waals surface area (Å²) in [6, 6.07) is 14.5. The van der Waals surface area contributed by atoms with Crippen molar-refractivity contribution >= 4 is 52.2 Å². The second-order valence-electron chi connectivity index (χ2n) is 15.1. The molecule has 3 amide bonds. The van der Waals surface area contributed by atoms with Crippen molar-refractivity contribution < 1.29 is 41.5 Å². The minimum Gasteiger partial charge on any atom is -0.489 e. The van der Waals surface area contributed by atoms with Gasteiger partial charge in [0.25, 0.3) is 5.91 Å². The Labute approximate surface area is 333 Å². The number of imide groups is 1. The monoisotopic (exact) mass is 806 g/mol. The van der Waals surface area contributed by atoms with E-state index in [0.29, 0.717) is 64.6 Å². The zero-order valence-corrected chi connectivity index (χ0v) is 32.6. The summed E-state index contributed by atoms with van der Waals surface area (Å²) in [7, 11) is 0. The number of alkyl halides is 3. The molecule has 3 saturated heterocycles. The van der Waals surface area contributed by atoms with Gasteiger partial charge in [-0.25, -0.2) is 4.39 Å². The highest BCUT2D eigenvalue weighted by atomic mass is 32.1. The van der Waals surface area contributed by atoms with Crippen LogP contribution in [-0.4, -0.2) is 89.8 Å². The molecule has 3 fully saturated rings. The molecule has 3 aliphatic heterocycles. The van der Waals surface area contributed by atoms with Gasteiger partial charge < -0.3 is 9.64 Å². The number of nitrogens with one attached hydrogen (secondary N) is 1. The third-order valence-corrected chi connectivity index (χ3v) is 10.9. The van der Waals surface area contributed by atoms with Gasteiger partial charge in [0, 0.05) is 63.2 Å². The van der Waals surface area contributed by atoms with Gasteiger partial charge in [0.2, 0.25) is 11.8 Å². The number of rotatable bonds is 12. The number of anilines is 2. The number of piperidine rings is 1. The van der Waals surface area contributed by atoms with Crippen LogP contribution < -0.4 is 19.9 Å². The number of piperazine rings is 1. The second-order valence-corrected chi connectivity index (χ2v) is 15.5. The van der Waals surface area contributed by atoms with Crippen LogP contribution >= 0.6 is 12.2 Å². The van der Waals surface area contributed by atoms with Crippen molar-refractivity contribution in [3.05, 3.63) is 88.2 Å². The van der Waals surface area contributed by atoms with E-state index in [-0.39, 0.29) is 58.8 Å². The van der Waals surface area contributed by atoms with Gasteiger partial charge in [-0.15, -0.1) is 0 Å². The second kappa shape index (κ2) is 16.7. The van der Waals surface area contributed by atoms with E-state index in [1.165, 1.54) is 43.0 Å². The third kappa shape index (κ3) is 9.33. The molecule has 0 aromatic heterocycles. The molecule has 1 atom stereocenters. The molecule has 0 bridgehead atoms. The number of nitriles is 1. The van der Waals surface area contributed by atoms with E-state index < -0.39 is 34.6 Å². The topological polar surface area (TPSA) is 126 Å². The number of carbonyl (C=O) groups excluding carboxylic acids is 4. The average molecular weight is 807 g/mol. The van der Waals surface area contributed by atoms with Crippen LogP contribution in [-0.2, 0) is 38.2 Å². The zero-order valence-electron chi connectivity index (χ0n) is 31.7. The van der Waals surface area contributed by atoms with Crippen molar-refractivity contribution in [3.63, 3.8) is 0 Å². The average Bonchev–Trinajstić information content (AvgIpc) is 3.31. The Balaban J connectivity index is 0.983. The first kappa shape index (κ1) is 41.4. The largest absolute Gasteiger partial charge is 0.489 e. The Morgan fingerprint density at radius 3 is 2.33 bits per heavy atom. The summed E-state index contributed by atoms with van der Waals surface area (Å²) < 4.78 is 62.2. The highest BCUT2D eigenvalue weighted by molar-refractivity contribution is 7.81. The Morgan fingerprint density at radius 1 is 0.982 bits per heavy atom. The number of thiocarbonyl (C=S) groups is 1. The number of ketones is 1. The van der Waals surface area contributed by atoms with Gasteiger partial charge in [0.15, 0.2) is 22.5 Å². The van der Waals surface area contributed by atoms with Gasteiger partial charge in [-0.2, -0.15) is 18.4 Å². The Bertz CT molecular complexity index is 2150. The molecular weight excluding hydrogens is 765 g/mol. The number of aryl methyl sites for hydroxylation is 1. The molecule has 0 aliphatic carbocycles. The van der Waals surface area contributed by atoms with Gasteiger partial charge in [-0.05, 0) is 87.3 Å². The molecule has 3 aromatic rings. The van der Waals surface area contributed by atoms with E-state index in [9.17, 15) is 37.6 Å². The van der Waals surface area contributed by atoms with Gasteiger partial charge in [0.05, 0.1) is 29.4 Å².